The number of aromatic hydroxyl groups is 4. The van der Waals surface area contributed by atoms with Crippen LogP contribution in [0.3, 0.4) is 0 Å². The maximum atomic E-state index is 12.9. The average Bonchev–Trinajstić information content (AvgIpc) is 2.93. The van der Waals surface area contributed by atoms with Crippen LogP contribution in [0.2, 0.25) is 0 Å². The molecule has 0 aliphatic rings. The number of carbonyl (C=O) groups excluding carboxylic acids is 1. The molecular formula is C31H22O9. The Labute approximate surface area is 227 Å². The standard InChI is InChI=1S/C31H22O9/c1-38-28-15-24(35)22(23(34)11-4-17-2-7-19(32)8-3-17)14-29(28)39-21-12-25(36)31-26(37)16-27(40-30(31)13-21)18-5-9-20(33)10-6-18/h2-16,32-33,35-36H,1H3/b11-4-. The third kappa shape index (κ3) is 5.30. The van der Waals surface area contributed by atoms with Crippen molar-refractivity contribution in [3.63, 3.8) is 0 Å². The third-order valence-electron chi connectivity index (χ3n) is 6.03. The normalized spacial score (nSPS) is 11.1. The van der Waals surface area contributed by atoms with Crippen molar-refractivity contribution < 1.29 is 39.1 Å². The van der Waals surface area contributed by atoms with E-state index in [-0.39, 0.29) is 62.5 Å². The zero-order valence-electron chi connectivity index (χ0n) is 21.0. The van der Waals surface area contributed by atoms with Crippen LogP contribution < -0.4 is 14.9 Å². The topological polar surface area (TPSA) is 147 Å². The van der Waals surface area contributed by atoms with E-state index in [1.807, 2.05) is 0 Å². The first kappa shape index (κ1) is 25.9. The summed E-state index contributed by atoms with van der Waals surface area (Å²) in [6.07, 6.45) is 2.79. The van der Waals surface area contributed by atoms with Crippen LogP contribution in [0.15, 0.2) is 94.2 Å². The van der Waals surface area contributed by atoms with Gasteiger partial charge < -0.3 is 34.3 Å². The van der Waals surface area contributed by atoms with Crippen molar-refractivity contribution >= 4 is 22.8 Å². The second kappa shape index (κ2) is 10.6. The van der Waals surface area contributed by atoms with Crippen molar-refractivity contribution in [2.45, 2.75) is 0 Å². The summed E-state index contributed by atoms with van der Waals surface area (Å²) in [4.78, 5) is 25.6. The number of phenols is 4. The Balaban J connectivity index is 1.51. The molecular weight excluding hydrogens is 516 g/mol. The van der Waals surface area contributed by atoms with Gasteiger partial charge in [0.05, 0.1) is 12.7 Å². The fourth-order valence-electron chi connectivity index (χ4n) is 4.03. The number of ether oxygens (including phenoxy) is 2. The number of allylic oxidation sites excluding steroid dienone is 1. The Hall–Kier alpha value is -5.70. The second-order valence-corrected chi connectivity index (χ2v) is 8.75. The van der Waals surface area contributed by atoms with Crippen molar-refractivity contribution in [1.82, 2.24) is 0 Å². The Kier molecular flexibility index (Phi) is 6.86. The molecule has 1 aromatic heterocycles. The Morgan fingerprint density at radius 2 is 1.48 bits per heavy atom. The molecule has 0 aliphatic heterocycles. The van der Waals surface area contributed by atoms with E-state index in [1.54, 1.807) is 24.3 Å². The van der Waals surface area contributed by atoms with Crippen LogP contribution in [-0.2, 0) is 0 Å². The van der Waals surface area contributed by atoms with Gasteiger partial charge in [0.1, 0.15) is 45.5 Å². The average molecular weight is 539 g/mol. The molecule has 0 amide bonds. The summed E-state index contributed by atoms with van der Waals surface area (Å²) in [6, 6.07) is 18.6. The van der Waals surface area contributed by atoms with Crippen molar-refractivity contribution in [1.29, 1.82) is 0 Å². The molecule has 9 heteroatoms. The summed E-state index contributed by atoms with van der Waals surface area (Å²) in [7, 11) is 1.36. The van der Waals surface area contributed by atoms with Crippen molar-refractivity contribution in [2.75, 3.05) is 7.11 Å². The van der Waals surface area contributed by atoms with Gasteiger partial charge in [0, 0.05) is 29.8 Å². The molecule has 40 heavy (non-hydrogen) atoms. The van der Waals surface area contributed by atoms with E-state index >= 15 is 0 Å². The molecule has 0 saturated carbocycles. The highest BCUT2D eigenvalue weighted by Crippen LogP contribution is 2.39. The van der Waals surface area contributed by atoms with E-state index in [0.717, 1.165) is 0 Å². The number of rotatable bonds is 7. The van der Waals surface area contributed by atoms with E-state index in [4.69, 9.17) is 13.9 Å². The lowest BCUT2D eigenvalue weighted by molar-refractivity contribution is 0.104. The van der Waals surface area contributed by atoms with Gasteiger partial charge in [-0.2, -0.15) is 0 Å². The molecule has 4 N–H and O–H groups in total. The van der Waals surface area contributed by atoms with Gasteiger partial charge in [-0.25, -0.2) is 0 Å². The molecule has 0 aliphatic carbocycles. The molecule has 0 fully saturated rings. The number of hydrogen-bond donors (Lipinski definition) is 4. The molecule has 0 bridgehead atoms. The lowest BCUT2D eigenvalue weighted by Crippen LogP contribution is -2.01. The summed E-state index contributed by atoms with van der Waals surface area (Å²) in [5, 5.41) is 40.0. The first-order valence-electron chi connectivity index (χ1n) is 11.9. The van der Waals surface area contributed by atoms with Crippen molar-refractivity contribution in [2.24, 2.45) is 0 Å². The number of methoxy groups -OCH3 is 1. The lowest BCUT2D eigenvalue weighted by Gasteiger charge is -2.14. The molecule has 0 unspecified atom stereocenters. The van der Waals surface area contributed by atoms with Gasteiger partial charge in [-0.15, -0.1) is 0 Å². The zero-order valence-corrected chi connectivity index (χ0v) is 21.0. The van der Waals surface area contributed by atoms with Crippen LogP contribution in [0, 0.1) is 0 Å². The summed E-state index contributed by atoms with van der Waals surface area (Å²) in [5.41, 5.74) is 0.680. The van der Waals surface area contributed by atoms with Crippen LogP contribution in [-0.4, -0.2) is 33.3 Å². The van der Waals surface area contributed by atoms with Crippen LogP contribution >= 0.6 is 0 Å². The first-order chi connectivity index (χ1) is 19.2. The number of fused-ring (bicyclic) bond motifs is 1. The largest absolute Gasteiger partial charge is 0.508 e. The SMILES string of the molecule is COc1cc(O)c(C(=O)/C=C\c2ccc(O)cc2)cc1Oc1cc(O)c2c(=O)cc(-c3ccc(O)cc3)oc2c1. The van der Waals surface area contributed by atoms with E-state index in [2.05, 4.69) is 0 Å². The summed E-state index contributed by atoms with van der Waals surface area (Å²) >= 11 is 0. The minimum atomic E-state index is -0.524. The molecule has 9 nitrogen and oxygen atoms in total. The van der Waals surface area contributed by atoms with Gasteiger partial charge in [-0.3, -0.25) is 9.59 Å². The van der Waals surface area contributed by atoms with Crippen molar-refractivity contribution in [3.8, 4) is 51.6 Å². The maximum absolute atomic E-state index is 12.9. The Morgan fingerprint density at radius 1 is 0.800 bits per heavy atom. The maximum Gasteiger partial charge on any atom is 0.197 e. The third-order valence-corrected chi connectivity index (χ3v) is 6.03. The number of phenolic OH excluding ortho intramolecular Hbond substituents is 4. The molecule has 0 saturated heterocycles. The molecule has 0 atom stereocenters. The molecule has 5 rings (SSSR count). The van der Waals surface area contributed by atoms with Gasteiger partial charge >= 0.3 is 0 Å². The van der Waals surface area contributed by atoms with Crippen LogP contribution in [0.25, 0.3) is 28.4 Å². The molecule has 200 valence electrons. The molecule has 5 aromatic rings. The lowest BCUT2D eigenvalue weighted by atomic mass is 10.1. The van der Waals surface area contributed by atoms with Crippen LogP contribution in [0.1, 0.15) is 15.9 Å². The summed E-state index contributed by atoms with van der Waals surface area (Å²) in [6.45, 7) is 0. The quantitative estimate of drug-likeness (QED) is 0.145. The zero-order chi connectivity index (χ0) is 28.4. The number of benzene rings is 4. The highest BCUT2D eigenvalue weighted by molar-refractivity contribution is 6.09. The van der Waals surface area contributed by atoms with Crippen LogP contribution in [0.5, 0.6) is 40.2 Å². The highest BCUT2D eigenvalue weighted by atomic mass is 16.5. The number of carbonyl (C=O) groups is 1. The van der Waals surface area contributed by atoms with Gasteiger partial charge in [-0.05, 0) is 54.1 Å². The Bertz CT molecular complexity index is 1820. The minimum absolute atomic E-state index is 0.0384. The number of ketones is 1. The summed E-state index contributed by atoms with van der Waals surface area (Å²) in [5.74, 6) is -0.662. The Morgan fingerprint density at radius 3 is 2.15 bits per heavy atom. The minimum Gasteiger partial charge on any atom is -0.508 e. The van der Waals surface area contributed by atoms with Gasteiger partial charge in [0.2, 0.25) is 0 Å². The number of hydrogen-bond acceptors (Lipinski definition) is 9. The van der Waals surface area contributed by atoms with Crippen LogP contribution in [0.4, 0.5) is 0 Å². The predicted molar refractivity (Wildman–Crippen MR) is 147 cm³/mol. The molecule has 0 spiro atoms. The van der Waals surface area contributed by atoms with Gasteiger partial charge in [0.15, 0.2) is 22.7 Å². The van der Waals surface area contributed by atoms with E-state index in [1.165, 1.54) is 73.9 Å². The second-order valence-electron chi connectivity index (χ2n) is 8.75. The molecule has 4 aromatic carbocycles. The first-order valence-corrected chi connectivity index (χ1v) is 11.9. The van der Waals surface area contributed by atoms with Gasteiger partial charge in [-0.1, -0.05) is 18.2 Å². The fraction of sp³-hybridized carbons (Fsp3) is 0.0323. The summed E-state index contributed by atoms with van der Waals surface area (Å²) < 4.78 is 17.1. The van der Waals surface area contributed by atoms with E-state index in [9.17, 15) is 30.0 Å². The smallest absolute Gasteiger partial charge is 0.197 e. The molecule has 0 radical (unpaired) electrons. The monoisotopic (exact) mass is 538 g/mol. The predicted octanol–water partition coefficient (Wildman–Crippen LogP) is 5.98. The van der Waals surface area contributed by atoms with Gasteiger partial charge in [0.25, 0.3) is 0 Å². The molecule has 1 heterocycles. The van der Waals surface area contributed by atoms with Crippen molar-refractivity contribution in [3.05, 3.63) is 106 Å². The fourth-order valence-corrected chi connectivity index (χ4v) is 4.03. The highest BCUT2D eigenvalue weighted by Gasteiger charge is 2.18. The van der Waals surface area contributed by atoms with E-state index in [0.29, 0.717) is 11.1 Å². The van der Waals surface area contributed by atoms with E-state index < -0.39 is 11.2 Å².